The first-order chi connectivity index (χ1) is 9.52. The van der Waals surface area contributed by atoms with E-state index in [4.69, 9.17) is 0 Å². The summed E-state index contributed by atoms with van der Waals surface area (Å²) in [6, 6.07) is -1.08. The van der Waals surface area contributed by atoms with Crippen LogP contribution < -0.4 is 5.32 Å². The molecule has 20 heavy (non-hydrogen) atoms. The number of carbonyl (C=O) groups excluding carboxylic acids is 1. The Kier molecular flexibility index (Phi) is 4.87. The average Bonchev–Trinajstić information content (AvgIpc) is 3.01. The molecular weight excluding hydrogens is 298 g/mol. The van der Waals surface area contributed by atoms with Crippen molar-refractivity contribution in [3.63, 3.8) is 0 Å². The number of hydrogen-bond acceptors (Lipinski definition) is 5. The van der Waals surface area contributed by atoms with Crippen LogP contribution in [0.25, 0.3) is 0 Å². The first-order valence-electron chi connectivity index (χ1n) is 6.34. The van der Waals surface area contributed by atoms with Gasteiger partial charge in [0.05, 0.1) is 11.9 Å². The lowest BCUT2D eigenvalue weighted by Crippen LogP contribution is -2.49. The number of aryl methyl sites for hydroxylation is 1. The average molecular weight is 315 g/mol. The molecule has 1 aromatic rings. The molecule has 2 amide bonds. The van der Waals surface area contributed by atoms with E-state index in [-0.39, 0.29) is 11.4 Å². The van der Waals surface area contributed by atoms with Crippen molar-refractivity contribution in [2.75, 3.05) is 5.75 Å². The lowest BCUT2D eigenvalue weighted by atomic mass is 10.3. The number of amides is 2. The number of aromatic nitrogens is 1. The van der Waals surface area contributed by atoms with Crippen molar-refractivity contribution in [3.8, 4) is 0 Å². The number of carbonyl (C=O) groups is 2. The largest absolute Gasteiger partial charge is 0.480 e. The lowest BCUT2D eigenvalue weighted by molar-refractivity contribution is -0.141. The van der Waals surface area contributed by atoms with Crippen molar-refractivity contribution in [2.24, 2.45) is 0 Å². The van der Waals surface area contributed by atoms with Crippen LogP contribution in [0.4, 0.5) is 4.79 Å². The Balaban J connectivity index is 2.00. The van der Waals surface area contributed by atoms with Gasteiger partial charge in [0.2, 0.25) is 0 Å². The van der Waals surface area contributed by atoms with Crippen molar-refractivity contribution < 1.29 is 14.7 Å². The molecule has 1 fully saturated rings. The fraction of sp³-hybridized carbons (Fsp3) is 0.583. The standard InChI is InChI=1S/C12H17N3O3S2/c1-3-10-15(8(6-20-10)11(16)17)12(18)13-4-9-14-7(2)5-19-9/h5,8,10H,3-4,6H2,1-2H3,(H,13,18)(H,16,17). The van der Waals surface area contributed by atoms with Crippen LogP contribution in [0.15, 0.2) is 5.38 Å². The van der Waals surface area contributed by atoms with E-state index in [1.807, 2.05) is 19.2 Å². The third-order valence-electron chi connectivity index (χ3n) is 3.02. The number of thiazole rings is 1. The monoisotopic (exact) mass is 315 g/mol. The van der Waals surface area contributed by atoms with Crippen molar-refractivity contribution in [1.29, 1.82) is 0 Å². The highest BCUT2D eigenvalue weighted by Gasteiger charge is 2.40. The Hall–Kier alpha value is -1.28. The molecule has 2 rings (SSSR count). The highest BCUT2D eigenvalue weighted by molar-refractivity contribution is 8.00. The van der Waals surface area contributed by atoms with E-state index >= 15 is 0 Å². The van der Waals surface area contributed by atoms with Crippen LogP contribution in [0.1, 0.15) is 24.0 Å². The predicted octanol–water partition coefficient (Wildman–Crippen LogP) is 1.90. The zero-order valence-corrected chi connectivity index (χ0v) is 13.0. The molecule has 0 aromatic carbocycles. The van der Waals surface area contributed by atoms with E-state index in [0.29, 0.717) is 12.3 Å². The van der Waals surface area contributed by atoms with Gasteiger partial charge in [-0.3, -0.25) is 4.90 Å². The van der Waals surface area contributed by atoms with Gasteiger partial charge in [0.1, 0.15) is 11.0 Å². The van der Waals surface area contributed by atoms with Crippen molar-refractivity contribution in [1.82, 2.24) is 15.2 Å². The molecular formula is C12H17N3O3S2. The van der Waals surface area contributed by atoms with Gasteiger partial charge in [-0.15, -0.1) is 23.1 Å². The van der Waals surface area contributed by atoms with Gasteiger partial charge in [-0.25, -0.2) is 14.6 Å². The van der Waals surface area contributed by atoms with Gasteiger partial charge in [0.25, 0.3) is 0 Å². The summed E-state index contributed by atoms with van der Waals surface area (Å²) in [4.78, 5) is 29.1. The Bertz CT molecular complexity index is 506. The van der Waals surface area contributed by atoms with Gasteiger partial charge in [-0.1, -0.05) is 6.92 Å². The molecule has 2 heterocycles. The summed E-state index contributed by atoms with van der Waals surface area (Å²) < 4.78 is 0. The molecule has 2 atom stereocenters. The zero-order valence-electron chi connectivity index (χ0n) is 11.3. The number of carboxylic acid groups (broad SMARTS) is 1. The SMILES string of the molecule is CCC1SCC(C(=O)O)N1C(=O)NCc1nc(C)cs1. The summed E-state index contributed by atoms with van der Waals surface area (Å²) in [5.74, 6) is -0.508. The second-order valence-corrected chi connectivity index (χ2v) is 6.65. The molecule has 110 valence electrons. The molecule has 6 nitrogen and oxygen atoms in total. The van der Waals surface area contributed by atoms with E-state index in [1.165, 1.54) is 28.0 Å². The Morgan fingerprint density at radius 3 is 2.90 bits per heavy atom. The topological polar surface area (TPSA) is 82.5 Å². The number of nitrogens with one attached hydrogen (secondary N) is 1. The van der Waals surface area contributed by atoms with Gasteiger partial charge in [-0.2, -0.15) is 0 Å². The van der Waals surface area contributed by atoms with Crippen molar-refractivity contribution in [2.45, 2.75) is 38.2 Å². The summed E-state index contributed by atoms with van der Waals surface area (Å²) >= 11 is 2.99. The summed E-state index contributed by atoms with van der Waals surface area (Å²) in [5, 5.41) is 14.6. The van der Waals surface area contributed by atoms with Crippen LogP contribution in [0, 0.1) is 6.92 Å². The summed E-state index contributed by atoms with van der Waals surface area (Å²) in [6.45, 7) is 4.18. The molecule has 2 unspecified atom stereocenters. The number of carboxylic acids is 1. The maximum absolute atomic E-state index is 12.2. The molecule has 8 heteroatoms. The van der Waals surface area contributed by atoms with Gasteiger partial charge in [-0.05, 0) is 13.3 Å². The number of urea groups is 1. The summed E-state index contributed by atoms with van der Waals surface area (Å²) in [6.07, 6.45) is 0.734. The summed E-state index contributed by atoms with van der Waals surface area (Å²) in [5.41, 5.74) is 0.922. The molecule has 0 aliphatic carbocycles. The molecule has 2 N–H and O–H groups in total. The molecule has 0 bridgehead atoms. The van der Waals surface area contributed by atoms with Crippen molar-refractivity contribution in [3.05, 3.63) is 16.1 Å². The van der Waals surface area contributed by atoms with Gasteiger partial charge in [0, 0.05) is 16.8 Å². The van der Waals surface area contributed by atoms with Crippen LogP contribution in [0.5, 0.6) is 0 Å². The molecule has 0 saturated carbocycles. The number of hydrogen-bond donors (Lipinski definition) is 2. The lowest BCUT2D eigenvalue weighted by Gasteiger charge is -2.26. The minimum atomic E-state index is -0.950. The Morgan fingerprint density at radius 1 is 1.60 bits per heavy atom. The fourth-order valence-corrected chi connectivity index (χ4v) is 4.13. The van der Waals surface area contributed by atoms with E-state index < -0.39 is 12.0 Å². The van der Waals surface area contributed by atoms with Crippen LogP contribution in [-0.4, -0.2) is 44.2 Å². The highest BCUT2D eigenvalue weighted by atomic mass is 32.2. The van der Waals surface area contributed by atoms with Crippen LogP contribution in [0.3, 0.4) is 0 Å². The second-order valence-electron chi connectivity index (χ2n) is 4.50. The van der Waals surface area contributed by atoms with Crippen LogP contribution >= 0.6 is 23.1 Å². The first kappa shape index (κ1) is 15.1. The molecule has 0 radical (unpaired) electrons. The fourth-order valence-electron chi connectivity index (χ4n) is 2.07. The Morgan fingerprint density at radius 2 is 2.35 bits per heavy atom. The number of thioether (sulfide) groups is 1. The number of nitrogens with zero attached hydrogens (tertiary/aromatic N) is 2. The maximum Gasteiger partial charge on any atom is 0.327 e. The minimum Gasteiger partial charge on any atom is -0.480 e. The van der Waals surface area contributed by atoms with Gasteiger partial charge >= 0.3 is 12.0 Å². The van der Waals surface area contributed by atoms with Gasteiger partial charge < -0.3 is 10.4 Å². The van der Waals surface area contributed by atoms with E-state index in [2.05, 4.69) is 10.3 Å². The quantitative estimate of drug-likeness (QED) is 0.887. The van der Waals surface area contributed by atoms with E-state index in [9.17, 15) is 14.7 Å². The highest BCUT2D eigenvalue weighted by Crippen LogP contribution is 2.31. The molecule has 0 spiro atoms. The van der Waals surface area contributed by atoms with Gasteiger partial charge in [0.15, 0.2) is 0 Å². The second kappa shape index (κ2) is 6.45. The predicted molar refractivity (Wildman–Crippen MR) is 78.9 cm³/mol. The third kappa shape index (κ3) is 3.24. The number of aliphatic carboxylic acids is 1. The zero-order chi connectivity index (χ0) is 14.7. The molecule has 1 aromatic heterocycles. The summed E-state index contributed by atoms with van der Waals surface area (Å²) in [7, 11) is 0. The molecule has 1 aliphatic heterocycles. The van der Waals surface area contributed by atoms with Crippen LogP contribution in [-0.2, 0) is 11.3 Å². The smallest absolute Gasteiger partial charge is 0.327 e. The third-order valence-corrected chi connectivity index (χ3v) is 5.44. The molecule has 1 aliphatic rings. The van der Waals surface area contributed by atoms with E-state index in [0.717, 1.165) is 17.1 Å². The Labute approximate surface area is 125 Å². The number of rotatable bonds is 4. The first-order valence-corrected chi connectivity index (χ1v) is 8.27. The maximum atomic E-state index is 12.2. The van der Waals surface area contributed by atoms with Crippen molar-refractivity contribution >= 4 is 35.1 Å². The van der Waals surface area contributed by atoms with E-state index in [1.54, 1.807) is 0 Å². The normalized spacial score (nSPS) is 22.0. The van der Waals surface area contributed by atoms with Crippen LogP contribution in [0.2, 0.25) is 0 Å². The molecule has 1 saturated heterocycles. The minimum absolute atomic E-state index is 0.0749.